The summed E-state index contributed by atoms with van der Waals surface area (Å²) in [7, 11) is -9.93. The Morgan fingerprint density at radius 1 is 0.279 bits per heavy atom. The third-order valence-electron chi connectivity index (χ3n) is 20.2. The summed E-state index contributed by atoms with van der Waals surface area (Å²) in [6.45, 7) is 12.0. The number of carbonyl (C=O) groups excluding carboxylic acids is 4. The predicted octanol–water partition coefficient (Wildman–Crippen LogP) is 25.7. The van der Waals surface area contributed by atoms with Gasteiger partial charge in [-0.2, -0.15) is 0 Å². The Kier molecular flexibility index (Phi) is 73.7. The summed E-state index contributed by atoms with van der Waals surface area (Å²) in [5.74, 6) is 0.216. The third kappa shape index (κ3) is 76.8. The zero-order valence-electron chi connectivity index (χ0n) is 68.5. The lowest BCUT2D eigenvalue weighted by molar-refractivity contribution is -0.161. The van der Waals surface area contributed by atoms with Gasteiger partial charge in [0.2, 0.25) is 0 Å². The molecule has 0 heterocycles. The number of ether oxygens (including phenoxy) is 4. The Morgan fingerprint density at radius 3 is 0.731 bits per heavy atom. The van der Waals surface area contributed by atoms with Crippen molar-refractivity contribution in [1.29, 1.82) is 0 Å². The predicted molar refractivity (Wildman–Crippen MR) is 428 cm³/mol. The summed E-state index contributed by atoms with van der Waals surface area (Å²) >= 11 is 0. The number of aliphatic hydroxyl groups excluding tert-OH is 1. The van der Waals surface area contributed by atoms with Crippen LogP contribution in [0, 0.1) is 17.8 Å². The number of hydrogen-bond donors (Lipinski definition) is 3. The van der Waals surface area contributed by atoms with Crippen molar-refractivity contribution in [3.05, 3.63) is 0 Å². The topological polar surface area (TPSA) is 237 Å². The fraction of sp³-hybridized carbons (Fsp3) is 0.953. The van der Waals surface area contributed by atoms with Crippen LogP contribution in [-0.4, -0.2) is 96.7 Å². The molecule has 19 heteroatoms. The highest BCUT2D eigenvalue weighted by Gasteiger charge is 2.30. The molecule has 6 atom stereocenters. The van der Waals surface area contributed by atoms with E-state index < -0.39 is 97.5 Å². The van der Waals surface area contributed by atoms with Gasteiger partial charge in [0.15, 0.2) is 12.2 Å². The standard InChI is InChI=1S/C85H166O17P2/c1-8-10-11-12-13-14-15-16-17-18-19-20-21-22-30-35-40-45-54-61-68-84(89)101-80(72-95-82(87)66-59-52-44-39-34-29-26-24-28-33-38-43-51-58-65-78(7)9-2)74-99-103(91,92)97-70-79(86)71-98-104(93,94)100-75-81(73-96-83(88)67-60-53-48-47-50-57-64-77(5)6)102-85(90)69-62-55-46-41-36-31-25-23-27-32-37-42-49-56-63-76(3)4/h76-81,86H,8-75H2,1-7H3,(H,91,92)(H,93,94)/t78?,79-,80-,81-/m1/s1. The molecule has 0 fully saturated rings. The van der Waals surface area contributed by atoms with E-state index in [9.17, 15) is 43.2 Å². The van der Waals surface area contributed by atoms with E-state index in [-0.39, 0.29) is 25.7 Å². The monoisotopic (exact) mass is 1520 g/mol. The Hall–Kier alpha value is -1.94. The minimum absolute atomic E-state index is 0.106. The summed E-state index contributed by atoms with van der Waals surface area (Å²) in [6, 6.07) is 0. The second-order valence-corrected chi connectivity index (χ2v) is 34.7. The number of esters is 4. The zero-order chi connectivity index (χ0) is 76.5. The molecule has 0 aliphatic rings. The number of aliphatic hydroxyl groups is 1. The van der Waals surface area contributed by atoms with Gasteiger partial charge >= 0.3 is 39.5 Å². The van der Waals surface area contributed by atoms with Crippen molar-refractivity contribution in [2.75, 3.05) is 39.6 Å². The lowest BCUT2D eigenvalue weighted by Gasteiger charge is -2.21. The number of carbonyl (C=O) groups is 4. The van der Waals surface area contributed by atoms with Gasteiger partial charge in [-0.1, -0.05) is 395 Å². The molecule has 3 N–H and O–H groups in total. The molecule has 0 saturated heterocycles. The van der Waals surface area contributed by atoms with Gasteiger partial charge in [-0.3, -0.25) is 37.3 Å². The van der Waals surface area contributed by atoms with E-state index in [4.69, 9.17) is 37.0 Å². The van der Waals surface area contributed by atoms with Crippen molar-refractivity contribution < 1.29 is 80.2 Å². The Morgan fingerprint density at radius 2 is 0.490 bits per heavy atom. The quantitative estimate of drug-likeness (QED) is 0.0222. The van der Waals surface area contributed by atoms with Gasteiger partial charge < -0.3 is 33.8 Å². The van der Waals surface area contributed by atoms with Crippen LogP contribution in [0.3, 0.4) is 0 Å². The van der Waals surface area contributed by atoms with Crippen molar-refractivity contribution in [2.45, 2.75) is 465 Å². The number of hydrogen-bond acceptors (Lipinski definition) is 15. The minimum atomic E-state index is -4.97. The van der Waals surface area contributed by atoms with Gasteiger partial charge in [0.1, 0.15) is 19.3 Å². The van der Waals surface area contributed by atoms with Gasteiger partial charge in [0.05, 0.1) is 26.4 Å². The first kappa shape index (κ1) is 102. The molecule has 0 amide bonds. The highest BCUT2D eigenvalue weighted by molar-refractivity contribution is 7.47. The van der Waals surface area contributed by atoms with Crippen LogP contribution in [-0.2, 0) is 65.4 Å². The lowest BCUT2D eigenvalue weighted by Crippen LogP contribution is -2.30. The zero-order valence-corrected chi connectivity index (χ0v) is 70.3. The smallest absolute Gasteiger partial charge is 0.462 e. The average Bonchev–Trinajstić information content (AvgIpc) is 0.903. The number of unbranched alkanes of at least 4 members (excludes halogenated alkanes) is 50. The molecule has 0 aliphatic heterocycles. The molecule has 17 nitrogen and oxygen atoms in total. The molecular formula is C85H166O17P2. The first-order chi connectivity index (χ1) is 50.3. The van der Waals surface area contributed by atoms with Crippen LogP contribution in [0.2, 0.25) is 0 Å². The largest absolute Gasteiger partial charge is 0.472 e. The second-order valence-electron chi connectivity index (χ2n) is 31.8. The highest BCUT2D eigenvalue weighted by Crippen LogP contribution is 2.45. The number of phosphoric acid groups is 2. The first-order valence-corrected chi connectivity index (χ1v) is 46.9. The van der Waals surface area contributed by atoms with Crippen LogP contribution in [0.1, 0.15) is 447 Å². The molecule has 3 unspecified atom stereocenters. The molecule has 0 aromatic carbocycles. The lowest BCUT2D eigenvalue weighted by atomic mass is 9.99. The Labute approximate surface area is 638 Å². The molecule has 0 aromatic rings. The average molecular weight is 1520 g/mol. The Balaban J connectivity index is 5.22. The summed E-state index contributed by atoms with van der Waals surface area (Å²) < 4.78 is 68.8. The maximum atomic E-state index is 13.1. The highest BCUT2D eigenvalue weighted by atomic mass is 31.2. The molecule has 0 radical (unpaired) electrons. The molecule has 0 saturated carbocycles. The van der Waals surface area contributed by atoms with E-state index in [1.807, 2.05) is 0 Å². The fourth-order valence-electron chi connectivity index (χ4n) is 13.2. The Bertz CT molecular complexity index is 2010. The normalized spacial score (nSPS) is 14.2. The van der Waals surface area contributed by atoms with Crippen molar-refractivity contribution in [3.8, 4) is 0 Å². The fourth-order valence-corrected chi connectivity index (χ4v) is 14.7. The van der Waals surface area contributed by atoms with E-state index in [0.717, 1.165) is 108 Å². The van der Waals surface area contributed by atoms with Crippen LogP contribution in [0.25, 0.3) is 0 Å². The maximum absolute atomic E-state index is 13.1. The number of phosphoric ester groups is 2. The molecule has 0 bridgehead atoms. The van der Waals surface area contributed by atoms with Crippen LogP contribution >= 0.6 is 15.6 Å². The molecule has 0 aromatic heterocycles. The van der Waals surface area contributed by atoms with Gasteiger partial charge in [0.25, 0.3) is 0 Å². The van der Waals surface area contributed by atoms with Crippen molar-refractivity contribution in [2.24, 2.45) is 17.8 Å². The molecule has 0 aliphatic carbocycles. The van der Waals surface area contributed by atoms with E-state index in [1.165, 1.54) is 250 Å². The third-order valence-corrected chi connectivity index (χ3v) is 22.1. The summed E-state index contributed by atoms with van der Waals surface area (Å²) in [5.41, 5.74) is 0. The molecule has 0 spiro atoms. The minimum Gasteiger partial charge on any atom is -0.462 e. The molecule has 618 valence electrons. The first-order valence-electron chi connectivity index (χ1n) is 43.9. The maximum Gasteiger partial charge on any atom is 0.472 e. The van der Waals surface area contributed by atoms with Gasteiger partial charge in [-0.05, 0) is 43.4 Å². The van der Waals surface area contributed by atoms with Crippen molar-refractivity contribution >= 4 is 39.5 Å². The summed E-state index contributed by atoms with van der Waals surface area (Å²) in [4.78, 5) is 73.1. The van der Waals surface area contributed by atoms with Crippen molar-refractivity contribution in [1.82, 2.24) is 0 Å². The van der Waals surface area contributed by atoms with Gasteiger partial charge in [-0.25, -0.2) is 9.13 Å². The second kappa shape index (κ2) is 75.1. The van der Waals surface area contributed by atoms with Crippen molar-refractivity contribution in [3.63, 3.8) is 0 Å². The van der Waals surface area contributed by atoms with Crippen LogP contribution in [0.15, 0.2) is 0 Å². The van der Waals surface area contributed by atoms with Gasteiger partial charge in [0, 0.05) is 25.7 Å². The van der Waals surface area contributed by atoms with Crippen LogP contribution in [0.4, 0.5) is 0 Å². The van der Waals surface area contributed by atoms with Crippen LogP contribution < -0.4 is 0 Å². The summed E-state index contributed by atoms with van der Waals surface area (Å²) in [5, 5.41) is 10.7. The van der Waals surface area contributed by atoms with Crippen LogP contribution in [0.5, 0.6) is 0 Å². The van der Waals surface area contributed by atoms with Gasteiger partial charge in [-0.15, -0.1) is 0 Å². The molecule has 0 rings (SSSR count). The molecular weight excluding hydrogens is 1350 g/mol. The summed E-state index contributed by atoms with van der Waals surface area (Å²) in [6.07, 6.45) is 65.4. The van der Waals surface area contributed by atoms with E-state index in [1.54, 1.807) is 0 Å². The van der Waals surface area contributed by atoms with E-state index in [2.05, 4.69) is 48.5 Å². The van der Waals surface area contributed by atoms with E-state index >= 15 is 0 Å². The van der Waals surface area contributed by atoms with E-state index in [0.29, 0.717) is 31.6 Å². The SMILES string of the molecule is CCCCCCCCCCCCCCCCCCCCCCC(=O)O[C@H](COC(=O)CCCCCCCCCCCCCCCCC(C)CC)COP(=O)(O)OC[C@@H](O)COP(=O)(O)OC[C@@H](COC(=O)CCCCCCCCC(C)C)OC(=O)CCCCCCCCCCCCCCCCC(C)C. The molecule has 104 heavy (non-hydrogen) atoms. The number of rotatable bonds is 83.